The normalized spacial score (nSPS) is 15.4. The van der Waals surface area contributed by atoms with Gasteiger partial charge in [-0.3, -0.25) is 14.4 Å². The molecule has 0 radical (unpaired) electrons. The fraction of sp³-hybridized carbons (Fsp3) is 0.435. The minimum absolute atomic E-state index is 0.0417. The van der Waals surface area contributed by atoms with E-state index in [-0.39, 0.29) is 5.91 Å². The lowest BCUT2D eigenvalue weighted by molar-refractivity contribution is 0.0949. The second-order valence-corrected chi connectivity index (χ2v) is 9.42. The number of nitrogens with zero attached hydrogens (tertiary/aromatic N) is 4. The van der Waals surface area contributed by atoms with Gasteiger partial charge in [0.2, 0.25) is 0 Å². The van der Waals surface area contributed by atoms with Crippen molar-refractivity contribution in [3.8, 4) is 0 Å². The van der Waals surface area contributed by atoms with Crippen LogP contribution >= 0.6 is 11.3 Å². The first-order chi connectivity index (χ1) is 14.6. The van der Waals surface area contributed by atoms with Crippen molar-refractivity contribution in [1.29, 1.82) is 0 Å². The molecule has 1 amide bonds. The van der Waals surface area contributed by atoms with E-state index in [1.54, 1.807) is 16.0 Å². The van der Waals surface area contributed by atoms with Gasteiger partial charge in [0.1, 0.15) is 0 Å². The van der Waals surface area contributed by atoms with Crippen molar-refractivity contribution in [3.05, 3.63) is 69.4 Å². The van der Waals surface area contributed by atoms with Crippen molar-refractivity contribution < 1.29 is 4.79 Å². The van der Waals surface area contributed by atoms with Crippen LogP contribution in [0.4, 0.5) is 0 Å². The fourth-order valence-electron chi connectivity index (χ4n) is 4.07. The number of carbonyl (C=O) groups excluding carboxylic acids is 1. The minimum Gasteiger partial charge on any atom is -0.348 e. The number of hydrogen-bond donors (Lipinski definition) is 1. The Morgan fingerprint density at radius 3 is 2.70 bits per heavy atom. The molecule has 1 fully saturated rings. The highest BCUT2D eigenvalue weighted by atomic mass is 32.1. The van der Waals surface area contributed by atoms with Crippen molar-refractivity contribution in [2.75, 3.05) is 13.1 Å². The molecule has 0 unspecified atom stereocenters. The highest BCUT2D eigenvalue weighted by Gasteiger charge is 2.24. The van der Waals surface area contributed by atoms with Crippen LogP contribution in [0, 0.1) is 12.8 Å². The maximum atomic E-state index is 12.8. The van der Waals surface area contributed by atoms with Crippen LogP contribution in [-0.4, -0.2) is 38.7 Å². The molecule has 0 saturated carbocycles. The Balaban J connectivity index is 1.31. The van der Waals surface area contributed by atoms with Crippen LogP contribution < -0.4 is 5.32 Å². The van der Waals surface area contributed by atoms with Gasteiger partial charge in [-0.2, -0.15) is 5.10 Å². The molecule has 6 nitrogen and oxygen atoms in total. The van der Waals surface area contributed by atoms with Gasteiger partial charge in [0.15, 0.2) is 0 Å². The number of rotatable bonds is 7. The lowest BCUT2D eigenvalue weighted by Gasteiger charge is -2.31. The molecule has 0 atom stereocenters. The highest BCUT2D eigenvalue weighted by molar-refractivity contribution is 7.11. The first-order valence-corrected chi connectivity index (χ1v) is 11.4. The third-order valence-corrected chi connectivity index (χ3v) is 6.58. The molecule has 0 spiro atoms. The number of nitrogens with one attached hydrogen (secondary N) is 1. The summed E-state index contributed by atoms with van der Waals surface area (Å²) in [6, 6.07) is 9.99. The smallest absolute Gasteiger partial charge is 0.255 e. The third-order valence-electron chi connectivity index (χ3n) is 5.68. The quantitative estimate of drug-likeness (QED) is 0.631. The summed E-state index contributed by atoms with van der Waals surface area (Å²) in [5, 5.41) is 8.78. The largest absolute Gasteiger partial charge is 0.348 e. The van der Waals surface area contributed by atoms with Crippen molar-refractivity contribution in [1.82, 2.24) is 25.0 Å². The lowest BCUT2D eigenvalue weighted by atomic mass is 9.91. The summed E-state index contributed by atoms with van der Waals surface area (Å²) >= 11 is 1.79. The van der Waals surface area contributed by atoms with Gasteiger partial charge in [0.25, 0.3) is 5.91 Å². The van der Waals surface area contributed by atoms with E-state index in [2.05, 4.69) is 27.2 Å². The van der Waals surface area contributed by atoms with Gasteiger partial charge >= 0.3 is 0 Å². The van der Waals surface area contributed by atoms with Gasteiger partial charge in [-0.25, -0.2) is 4.98 Å². The van der Waals surface area contributed by atoms with E-state index < -0.39 is 0 Å². The number of aryl methyl sites for hydroxylation is 2. The van der Waals surface area contributed by atoms with Crippen molar-refractivity contribution in [2.24, 2.45) is 13.0 Å². The van der Waals surface area contributed by atoms with E-state index in [0.717, 1.165) is 55.2 Å². The second-order valence-electron chi connectivity index (χ2n) is 8.10. The number of hydrogen-bond acceptors (Lipinski definition) is 5. The Kier molecular flexibility index (Phi) is 6.59. The molecule has 30 heavy (non-hydrogen) atoms. The Morgan fingerprint density at radius 2 is 2.00 bits per heavy atom. The van der Waals surface area contributed by atoms with Crippen LogP contribution in [-0.2, 0) is 26.6 Å². The van der Waals surface area contributed by atoms with E-state index in [0.29, 0.717) is 18.0 Å². The predicted octanol–water partition coefficient (Wildman–Crippen LogP) is 3.57. The monoisotopic (exact) mass is 423 g/mol. The topological polar surface area (TPSA) is 63.1 Å². The van der Waals surface area contributed by atoms with Crippen LogP contribution in [0.25, 0.3) is 0 Å². The van der Waals surface area contributed by atoms with Crippen LogP contribution in [0.1, 0.15) is 44.3 Å². The number of carbonyl (C=O) groups is 1. The molecule has 158 valence electrons. The average molecular weight is 424 g/mol. The van der Waals surface area contributed by atoms with Crippen LogP contribution in [0.2, 0.25) is 0 Å². The van der Waals surface area contributed by atoms with Gasteiger partial charge in [-0.05, 0) is 50.8 Å². The van der Waals surface area contributed by atoms with Gasteiger partial charge in [0.05, 0.1) is 16.3 Å². The van der Waals surface area contributed by atoms with Gasteiger partial charge in [-0.1, -0.05) is 30.3 Å². The highest BCUT2D eigenvalue weighted by Crippen LogP contribution is 2.25. The zero-order valence-electron chi connectivity index (χ0n) is 17.7. The maximum absolute atomic E-state index is 12.8. The third kappa shape index (κ3) is 5.34. The van der Waals surface area contributed by atoms with Crippen LogP contribution in [0.15, 0.2) is 42.7 Å². The van der Waals surface area contributed by atoms with Crippen molar-refractivity contribution in [2.45, 2.75) is 39.3 Å². The Hall–Kier alpha value is -2.51. The van der Waals surface area contributed by atoms with Crippen molar-refractivity contribution >= 4 is 17.2 Å². The fourth-order valence-corrected chi connectivity index (χ4v) is 4.91. The molecular formula is C23H29N5OS. The SMILES string of the molecule is Cc1ncc(CN2CCC(Cc3nn(C)cc3C(=O)NCc3ccccc3)CC2)s1. The summed E-state index contributed by atoms with van der Waals surface area (Å²) in [5.74, 6) is 0.528. The lowest BCUT2D eigenvalue weighted by Crippen LogP contribution is -2.34. The summed E-state index contributed by atoms with van der Waals surface area (Å²) in [7, 11) is 1.89. The number of aromatic nitrogens is 3. The van der Waals surface area contributed by atoms with Gasteiger partial charge < -0.3 is 5.32 Å². The zero-order valence-corrected chi connectivity index (χ0v) is 18.5. The Labute approximate surface area is 181 Å². The Bertz CT molecular complexity index is 973. The number of likely N-dealkylation sites (tertiary alicyclic amines) is 1. The molecule has 0 bridgehead atoms. The van der Waals surface area contributed by atoms with Crippen molar-refractivity contribution in [3.63, 3.8) is 0 Å². The average Bonchev–Trinajstić information content (AvgIpc) is 3.33. The van der Waals surface area contributed by atoms with Gasteiger partial charge in [-0.15, -0.1) is 11.3 Å². The Morgan fingerprint density at radius 1 is 1.23 bits per heavy atom. The molecule has 3 aromatic rings. The first kappa shape index (κ1) is 20.8. The minimum atomic E-state index is -0.0417. The molecular weight excluding hydrogens is 394 g/mol. The van der Waals surface area contributed by atoms with E-state index >= 15 is 0 Å². The number of amides is 1. The molecule has 7 heteroatoms. The number of thiazole rings is 1. The zero-order chi connectivity index (χ0) is 20.9. The summed E-state index contributed by atoms with van der Waals surface area (Å²) in [5.41, 5.74) is 2.72. The van der Waals surface area contributed by atoms with E-state index in [1.807, 2.05) is 49.8 Å². The number of piperidine rings is 1. The van der Waals surface area contributed by atoms with Crippen LogP contribution in [0.3, 0.4) is 0 Å². The second kappa shape index (κ2) is 9.53. The van der Waals surface area contributed by atoms with E-state index in [4.69, 9.17) is 0 Å². The molecule has 4 rings (SSSR count). The summed E-state index contributed by atoms with van der Waals surface area (Å²) in [6.07, 6.45) is 6.98. The summed E-state index contributed by atoms with van der Waals surface area (Å²) in [6.45, 7) is 5.76. The van der Waals surface area contributed by atoms with E-state index in [9.17, 15) is 4.79 Å². The van der Waals surface area contributed by atoms with E-state index in [1.165, 1.54) is 4.88 Å². The summed E-state index contributed by atoms with van der Waals surface area (Å²) < 4.78 is 1.76. The molecule has 1 aliphatic heterocycles. The molecule has 1 aliphatic rings. The standard InChI is InChI=1S/C23H29N5OS/c1-17-24-14-20(30-17)15-28-10-8-18(9-11-28)12-22-21(16-27(2)26-22)23(29)25-13-19-6-4-3-5-7-19/h3-7,14,16,18H,8-13,15H2,1-2H3,(H,25,29). The molecule has 3 heterocycles. The predicted molar refractivity (Wildman–Crippen MR) is 119 cm³/mol. The maximum Gasteiger partial charge on any atom is 0.255 e. The molecule has 1 saturated heterocycles. The van der Waals surface area contributed by atoms with Crippen LogP contribution in [0.5, 0.6) is 0 Å². The molecule has 1 aromatic carbocycles. The first-order valence-electron chi connectivity index (χ1n) is 10.5. The van der Waals surface area contributed by atoms with Gasteiger partial charge in [0, 0.05) is 37.4 Å². The number of benzene rings is 1. The molecule has 2 aromatic heterocycles. The summed E-state index contributed by atoms with van der Waals surface area (Å²) in [4.78, 5) is 21.0. The molecule has 0 aliphatic carbocycles. The molecule has 1 N–H and O–H groups in total.